The van der Waals surface area contributed by atoms with Crippen molar-refractivity contribution in [1.82, 2.24) is 19.9 Å². The number of piperidine rings is 1. The Morgan fingerprint density at radius 3 is 2.51 bits per heavy atom. The highest BCUT2D eigenvalue weighted by atomic mass is 35.5. The predicted octanol–water partition coefficient (Wildman–Crippen LogP) is 6.53. The summed E-state index contributed by atoms with van der Waals surface area (Å²) in [5.74, 6) is 3.50. The van der Waals surface area contributed by atoms with Crippen molar-refractivity contribution >= 4 is 35.0 Å². The molecule has 1 saturated heterocycles. The van der Waals surface area contributed by atoms with Gasteiger partial charge in [-0.05, 0) is 86.8 Å². The number of carbonyl (C=O) groups excluding carboxylic acids is 1. The van der Waals surface area contributed by atoms with Crippen molar-refractivity contribution in [3.05, 3.63) is 94.0 Å². The maximum absolute atomic E-state index is 14.2. The number of rotatable bonds is 7. The van der Waals surface area contributed by atoms with Gasteiger partial charge in [0.05, 0.1) is 37.7 Å². The SMILES string of the molecule is COc1ccc(N2C(=O)N(c3c(C)cccc3Cl)Cc3cnc(Cc4ccc(C5CCN(C)CC5)c(OC)c4)nc32)nc1. The summed E-state index contributed by atoms with van der Waals surface area (Å²) in [6, 6.07) is 15.2. The molecule has 0 N–H and O–H groups in total. The van der Waals surface area contributed by atoms with Crippen LogP contribution < -0.4 is 19.3 Å². The predicted molar refractivity (Wildman–Crippen MR) is 168 cm³/mol. The van der Waals surface area contributed by atoms with Crippen molar-refractivity contribution < 1.29 is 14.3 Å². The lowest BCUT2D eigenvalue weighted by molar-refractivity contribution is 0.252. The number of aryl methyl sites for hydroxylation is 1. The van der Waals surface area contributed by atoms with Gasteiger partial charge in [-0.2, -0.15) is 0 Å². The molecule has 0 aliphatic carbocycles. The Balaban J connectivity index is 1.35. The first-order chi connectivity index (χ1) is 20.9. The molecule has 0 atom stereocenters. The van der Waals surface area contributed by atoms with Gasteiger partial charge in [0.25, 0.3) is 0 Å². The zero-order valence-corrected chi connectivity index (χ0v) is 25.6. The summed E-state index contributed by atoms with van der Waals surface area (Å²) in [6.07, 6.45) is 6.11. The third kappa shape index (κ3) is 5.75. The minimum atomic E-state index is -0.296. The normalized spacial score (nSPS) is 15.9. The van der Waals surface area contributed by atoms with E-state index in [9.17, 15) is 4.79 Å². The fourth-order valence-corrected chi connectivity index (χ4v) is 6.27. The zero-order valence-electron chi connectivity index (χ0n) is 24.9. The lowest BCUT2D eigenvalue weighted by Gasteiger charge is -2.36. The van der Waals surface area contributed by atoms with Gasteiger partial charge in [-0.25, -0.2) is 24.6 Å². The van der Waals surface area contributed by atoms with E-state index in [0.717, 1.165) is 48.4 Å². The molecule has 2 aliphatic rings. The van der Waals surface area contributed by atoms with Crippen molar-refractivity contribution in [3.8, 4) is 11.5 Å². The molecule has 4 aromatic rings. The van der Waals surface area contributed by atoms with Crippen molar-refractivity contribution in [3.63, 3.8) is 0 Å². The molecule has 2 amide bonds. The first-order valence-corrected chi connectivity index (χ1v) is 14.8. The number of ether oxygens (including phenoxy) is 2. The quantitative estimate of drug-likeness (QED) is 0.239. The zero-order chi connectivity index (χ0) is 30.1. The van der Waals surface area contributed by atoms with Gasteiger partial charge in [0, 0.05) is 18.2 Å². The minimum absolute atomic E-state index is 0.283. The number of methoxy groups -OCH3 is 2. The van der Waals surface area contributed by atoms with Crippen LogP contribution in [-0.4, -0.2) is 60.2 Å². The number of nitrogens with zero attached hydrogens (tertiary/aromatic N) is 6. The first-order valence-electron chi connectivity index (χ1n) is 14.4. The number of para-hydroxylation sites is 1. The Bertz CT molecular complexity index is 1620. The van der Waals surface area contributed by atoms with Crippen LogP contribution in [0.25, 0.3) is 0 Å². The standard InChI is InChI=1S/C33H35ClN6O3/c1-21-6-5-7-27(34)31(21)39-20-24-18-35-29(37-32(24)40(33(39)41)30-11-9-25(42-3)19-36-30)17-22-8-10-26(28(16-22)43-4)23-12-14-38(2)15-13-23/h5-11,16,18-19,23H,12-15,17,20H2,1-4H3. The summed E-state index contributed by atoms with van der Waals surface area (Å²) < 4.78 is 11.1. The molecule has 1 fully saturated rings. The first kappa shape index (κ1) is 28.9. The van der Waals surface area contributed by atoms with Crippen molar-refractivity contribution in [1.29, 1.82) is 0 Å². The van der Waals surface area contributed by atoms with E-state index in [1.165, 1.54) is 10.5 Å². The number of urea groups is 1. The highest BCUT2D eigenvalue weighted by Crippen LogP contribution is 2.39. The third-order valence-electron chi connectivity index (χ3n) is 8.32. The number of fused-ring (bicyclic) bond motifs is 1. The molecule has 2 aliphatic heterocycles. The van der Waals surface area contributed by atoms with E-state index in [2.05, 4.69) is 35.1 Å². The van der Waals surface area contributed by atoms with E-state index in [4.69, 9.17) is 31.0 Å². The highest BCUT2D eigenvalue weighted by molar-refractivity contribution is 6.34. The van der Waals surface area contributed by atoms with E-state index < -0.39 is 0 Å². The molecule has 0 spiro atoms. The average molecular weight is 599 g/mol. The summed E-state index contributed by atoms with van der Waals surface area (Å²) in [5, 5.41) is 0.495. The number of carbonyl (C=O) groups is 1. The van der Waals surface area contributed by atoms with Crippen LogP contribution >= 0.6 is 11.6 Å². The van der Waals surface area contributed by atoms with Crippen LogP contribution in [0.5, 0.6) is 11.5 Å². The van der Waals surface area contributed by atoms with Gasteiger partial charge < -0.3 is 14.4 Å². The van der Waals surface area contributed by atoms with Crippen LogP contribution in [0.1, 0.15) is 46.8 Å². The van der Waals surface area contributed by atoms with Gasteiger partial charge in [-0.3, -0.25) is 4.90 Å². The van der Waals surface area contributed by atoms with Gasteiger partial charge in [0.2, 0.25) is 0 Å². The van der Waals surface area contributed by atoms with Crippen LogP contribution in [0.3, 0.4) is 0 Å². The van der Waals surface area contributed by atoms with Gasteiger partial charge in [0.15, 0.2) is 5.82 Å². The summed E-state index contributed by atoms with van der Waals surface area (Å²) >= 11 is 6.61. The molecular weight excluding hydrogens is 564 g/mol. The summed E-state index contributed by atoms with van der Waals surface area (Å²) in [5.41, 5.74) is 4.62. The Labute approximate surface area is 257 Å². The molecule has 0 unspecified atom stereocenters. The highest BCUT2D eigenvalue weighted by Gasteiger charge is 2.36. The fourth-order valence-electron chi connectivity index (χ4n) is 5.95. The van der Waals surface area contributed by atoms with Gasteiger partial charge in [-0.15, -0.1) is 0 Å². The molecule has 0 bridgehead atoms. The number of halogens is 1. The molecule has 43 heavy (non-hydrogen) atoms. The van der Waals surface area contributed by atoms with Crippen LogP contribution in [0, 0.1) is 6.92 Å². The Hall–Kier alpha value is -4.21. The smallest absolute Gasteiger partial charge is 0.336 e. The maximum atomic E-state index is 14.2. The number of anilines is 3. The van der Waals surface area contributed by atoms with E-state index in [0.29, 0.717) is 46.3 Å². The summed E-state index contributed by atoms with van der Waals surface area (Å²) in [7, 11) is 5.48. The van der Waals surface area contributed by atoms with Gasteiger partial charge >= 0.3 is 6.03 Å². The van der Waals surface area contributed by atoms with Crippen LogP contribution in [0.15, 0.2) is 60.9 Å². The molecule has 222 valence electrons. The number of amides is 2. The lowest BCUT2D eigenvalue weighted by Crippen LogP contribution is -2.46. The molecule has 2 aromatic carbocycles. The average Bonchev–Trinajstić information content (AvgIpc) is 3.02. The van der Waals surface area contributed by atoms with Crippen LogP contribution in [0.2, 0.25) is 5.02 Å². The summed E-state index contributed by atoms with van der Waals surface area (Å²) in [6.45, 7) is 4.39. The number of pyridine rings is 1. The number of hydrogen-bond donors (Lipinski definition) is 0. The monoisotopic (exact) mass is 598 g/mol. The van der Waals surface area contributed by atoms with Crippen molar-refractivity contribution in [2.45, 2.75) is 38.6 Å². The second kappa shape index (κ2) is 12.2. The number of likely N-dealkylation sites (tertiary alicyclic amines) is 1. The molecule has 9 nitrogen and oxygen atoms in total. The van der Waals surface area contributed by atoms with E-state index in [-0.39, 0.29) is 12.6 Å². The van der Waals surface area contributed by atoms with E-state index in [1.54, 1.807) is 49.7 Å². The Morgan fingerprint density at radius 2 is 1.81 bits per heavy atom. The van der Waals surface area contributed by atoms with Crippen molar-refractivity contribution in [2.24, 2.45) is 0 Å². The minimum Gasteiger partial charge on any atom is -0.496 e. The van der Waals surface area contributed by atoms with Crippen LogP contribution in [-0.2, 0) is 13.0 Å². The van der Waals surface area contributed by atoms with Gasteiger partial charge in [-0.1, -0.05) is 35.9 Å². The van der Waals surface area contributed by atoms with E-state index >= 15 is 0 Å². The second-order valence-corrected chi connectivity index (χ2v) is 11.5. The fraction of sp³-hybridized carbons (Fsp3) is 0.333. The number of aromatic nitrogens is 3. The molecule has 2 aromatic heterocycles. The molecule has 4 heterocycles. The molecule has 10 heteroatoms. The maximum Gasteiger partial charge on any atom is 0.336 e. The van der Waals surface area contributed by atoms with Gasteiger partial charge in [0.1, 0.15) is 23.1 Å². The Morgan fingerprint density at radius 1 is 1.00 bits per heavy atom. The molecule has 6 rings (SSSR count). The largest absolute Gasteiger partial charge is 0.496 e. The van der Waals surface area contributed by atoms with Crippen LogP contribution in [0.4, 0.5) is 22.1 Å². The van der Waals surface area contributed by atoms with E-state index in [1.807, 2.05) is 19.1 Å². The topological polar surface area (TPSA) is 83.9 Å². The summed E-state index contributed by atoms with van der Waals surface area (Å²) in [4.78, 5) is 33.9. The van der Waals surface area contributed by atoms with Crippen molar-refractivity contribution in [2.75, 3.05) is 44.2 Å². The number of hydrogen-bond acceptors (Lipinski definition) is 7. The molecular formula is C33H35ClN6O3. The lowest BCUT2D eigenvalue weighted by atomic mass is 9.88. The Kier molecular flexibility index (Phi) is 8.19. The second-order valence-electron chi connectivity index (χ2n) is 11.1. The number of benzene rings is 2. The molecule has 0 saturated carbocycles. The third-order valence-corrected chi connectivity index (χ3v) is 8.62. The molecule has 0 radical (unpaired) electrons.